The number of hydrogen-bond donors (Lipinski definition) is 1. The van der Waals surface area contributed by atoms with Gasteiger partial charge in [-0.05, 0) is 48.5 Å². The number of carbonyl (C=O) groups is 1. The second-order valence-corrected chi connectivity index (χ2v) is 6.21. The van der Waals surface area contributed by atoms with Crippen molar-refractivity contribution in [3.05, 3.63) is 64.8 Å². The molecule has 0 radical (unpaired) electrons. The average Bonchev–Trinajstić information content (AvgIpc) is 3.02. The number of ether oxygens (including phenoxy) is 2. The van der Waals surface area contributed by atoms with E-state index in [0.29, 0.717) is 22.9 Å². The van der Waals surface area contributed by atoms with Gasteiger partial charge in [0.15, 0.2) is 12.4 Å². The van der Waals surface area contributed by atoms with E-state index in [0.717, 1.165) is 0 Å². The van der Waals surface area contributed by atoms with Crippen molar-refractivity contribution >= 4 is 5.91 Å². The molecule has 1 aromatic heterocycles. The molecule has 1 N–H and O–H groups in total. The summed E-state index contributed by atoms with van der Waals surface area (Å²) in [6.45, 7) is 0.261. The zero-order valence-electron chi connectivity index (χ0n) is 16.1. The van der Waals surface area contributed by atoms with Crippen LogP contribution in [-0.2, 0) is 18.4 Å². The molecule has 0 aliphatic rings. The fourth-order valence-electron chi connectivity index (χ4n) is 2.66. The number of rotatable bonds is 8. The van der Waals surface area contributed by atoms with Gasteiger partial charge in [0.25, 0.3) is 5.91 Å². The van der Waals surface area contributed by atoms with Crippen molar-refractivity contribution in [1.29, 1.82) is 0 Å². The highest BCUT2D eigenvalue weighted by molar-refractivity contribution is 5.77. The van der Waals surface area contributed by atoms with E-state index in [1.165, 1.54) is 21.4 Å². The minimum Gasteiger partial charge on any atom is -0.497 e. The van der Waals surface area contributed by atoms with Crippen LogP contribution in [0.25, 0.3) is 11.4 Å². The van der Waals surface area contributed by atoms with Crippen LogP contribution in [0, 0.1) is 5.82 Å². The molecule has 0 spiro atoms. The van der Waals surface area contributed by atoms with E-state index in [9.17, 15) is 14.0 Å². The largest absolute Gasteiger partial charge is 0.497 e. The molecule has 0 aliphatic carbocycles. The summed E-state index contributed by atoms with van der Waals surface area (Å²) in [5.74, 6) is 0.985. The average molecular weight is 400 g/mol. The molecule has 0 bridgehead atoms. The number of nitrogens with one attached hydrogen (secondary N) is 1. The maximum atomic E-state index is 13.1. The summed E-state index contributed by atoms with van der Waals surface area (Å²) < 4.78 is 26.2. The first-order valence-electron chi connectivity index (χ1n) is 8.91. The molecule has 3 rings (SSSR count). The summed E-state index contributed by atoms with van der Waals surface area (Å²) in [7, 11) is 3.16. The van der Waals surface area contributed by atoms with Crippen molar-refractivity contribution < 1.29 is 18.7 Å². The van der Waals surface area contributed by atoms with Gasteiger partial charge in [-0.2, -0.15) is 0 Å². The third kappa shape index (κ3) is 5.01. The number of aromatic nitrogens is 3. The predicted molar refractivity (Wildman–Crippen MR) is 104 cm³/mol. The lowest BCUT2D eigenvalue weighted by molar-refractivity contribution is -0.123. The van der Waals surface area contributed by atoms with Crippen LogP contribution in [-0.4, -0.2) is 40.5 Å². The second kappa shape index (κ2) is 9.05. The first kappa shape index (κ1) is 20.1. The Labute approximate surface area is 166 Å². The van der Waals surface area contributed by atoms with Crippen LogP contribution in [0.2, 0.25) is 0 Å². The van der Waals surface area contributed by atoms with Gasteiger partial charge in [-0.25, -0.2) is 13.9 Å². The van der Waals surface area contributed by atoms with Crippen LogP contribution in [0.4, 0.5) is 4.39 Å². The van der Waals surface area contributed by atoms with Crippen molar-refractivity contribution in [2.24, 2.45) is 7.05 Å². The molecule has 0 saturated carbocycles. The van der Waals surface area contributed by atoms with Gasteiger partial charge in [0, 0.05) is 19.2 Å². The molecule has 29 heavy (non-hydrogen) atoms. The molecule has 0 atom stereocenters. The molecule has 0 aliphatic heterocycles. The van der Waals surface area contributed by atoms with Gasteiger partial charge in [-0.3, -0.25) is 9.36 Å². The van der Waals surface area contributed by atoms with Gasteiger partial charge in [0.05, 0.1) is 13.7 Å². The predicted octanol–water partition coefficient (Wildman–Crippen LogP) is 1.59. The molecule has 1 heterocycles. The smallest absolute Gasteiger partial charge is 0.345 e. The van der Waals surface area contributed by atoms with E-state index in [1.54, 1.807) is 50.6 Å². The Morgan fingerprint density at radius 2 is 1.76 bits per heavy atom. The maximum Gasteiger partial charge on any atom is 0.345 e. The summed E-state index contributed by atoms with van der Waals surface area (Å²) in [6.07, 6.45) is 0. The Hall–Kier alpha value is -3.62. The highest BCUT2D eigenvalue weighted by Crippen LogP contribution is 2.17. The molecule has 0 fully saturated rings. The fourth-order valence-corrected chi connectivity index (χ4v) is 2.66. The fraction of sp³-hybridized carbons (Fsp3) is 0.250. The van der Waals surface area contributed by atoms with Crippen LogP contribution in [0.15, 0.2) is 53.3 Å². The van der Waals surface area contributed by atoms with Gasteiger partial charge in [-0.15, -0.1) is 5.10 Å². The number of methoxy groups -OCH3 is 1. The molecule has 2 aromatic carbocycles. The quantitative estimate of drug-likeness (QED) is 0.621. The number of amides is 1. The molecule has 0 saturated heterocycles. The monoisotopic (exact) mass is 400 g/mol. The third-order valence-electron chi connectivity index (χ3n) is 4.22. The minimum atomic E-state index is -0.363. The summed E-state index contributed by atoms with van der Waals surface area (Å²) in [4.78, 5) is 24.2. The van der Waals surface area contributed by atoms with Gasteiger partial charge in [0.1, 0.15) is 17.3 Å². The first-order valence-corrected chi connectivity index (χ1v) is 8.91. The highest BCUT2D eigenvalue weighted by atomic mass is 19.1. The molecule has 9 heteroatoms. The number of carbonyl (C=O) groups excluding carboxylic acids is 1. The number of halogens is 1. The Bertz CT molecular complexity index is 1030. The van der Waals surface area contributed by atoms with E-state index in [-0.39, 0.29) is 37.1 Å². The topological polar surface area (TPSA) is 87.4 Å². The maximum absolute atomic E-state index is 13.1. The molecule has 0 unspecified atom stereocenters. The third-order valence-corrected chi connectivity index (χ3v) is 4.22. The van der Waals surface area contributed by atoms with E-state index < -0.39 is 0 Å². The Balaban J connectivity index is 1.52. The summed E-state index contributed by atoms with van der Waals surface area (Å²) in [5, 5.41) is 6.95. The molecule has 8 nitrogen and oxygen atoms in total. The number of benzene rings is 2. The molecule has 3 aromatic rings. The van der Waals surface area contributed by atoms with E-state index in [2.05, 4.69) is 10.4 Å². The van der Waals surface area contributed by atoms with Crippen LogP contribution < -0.4 is 20.5 Å². The lowest BCUT2D eigenvalue weighted by Crippen LogP contribution is -2.34. The highest BCUT2D eigenvalue weighted by Gasteiger charge is 2.12. The van der Waals surface area contributed by atoms with Crippen LogP contribution in [0.3, 0.4) is 0 Å². The summed E-state index contributed by atoms with van der Waals surface area (Å²) >= 11 is 0. The van der Waals surface area contributed by atoms with Crippen molar-refractivity contribution in [3.63, 3.8) is 0 Å². The SMILES string of the molecule is COc1ccc(OCC(=O)NCCn2nc(-c3ccc(F)cc3)n(C)c2=O)cc1. The molecule has 1 amide bonds. The van der Waals surface area contributed by atoms with Gasteiger partial charge in [0.2, 0.25) is 0 Å². The minimum absolute atomic E-state index is 0.149. The van der Waals surface area contributed by atoms with E-state index in [1.807, 2.05) is 0 Å². The van der Waals surface area contributed by atoms with E-state index in [4.69, 9.17) is 9.47 Å². The van der Waals surface area contributed by atoms with Gasteiger partial charge >= 0.3 is 5.69 Å². The van der Waals surface area contributed by atoms with Gasteiger partial charge in [-0.1, -0.05) is 0 Å². The van der Waals surface area contributed by atoms with Crippen molar-refractivity contribution in [2.45, 2.75) is 6.54 Å². The van der Waals surface area contributed by atoms with Crippen LogP contribution >= 0.6 is 0 Å². The van der Waals surface area contributed by atoms with E-state index >= 15 is 0 Å². The number of hydrogen-bond acceptors (Lipinski definition) is 5. The molecular weight excluding hydrogens is 379 g/mol. The van der Waals surface area contributed by atoms with Crippen molar-refractivity contribution in [1.82, 2.24) is 19.7 Å². The first-order chi connectivity index (χ1) is 14.0. The summed E-state index contributed by atoms with van der Waals surface area (Å²) in [6, 6.07) is 12.6. The number of nitrogens with zero attached hydrogens (tertiary/aromatic N) is 3. The molecule has 152 valence electrons. The van der Waals surface area contributed by atoms with Gasteiger partial charge < -0.3 is 14.8 Å². The van der Waals surface area contributed by atoms with Crippen molar-refractivity contribution in [3.8, 4) is 22.9 Å². The second-order valence-electron chi connectivity index (χ2n) is 6.21. The van der Waals surface area contributed by atoms with Crippen LogP contribution in [0.1, 0.15) is 0 Å². The van der Waals surface area contributed by atoms with Crippen LogP contribution in [0.5, 0.6) is 11.5 Å². The molecular formula is C20H21FN4O4. The zero-order valence-corrected chi connectivity index (χ0v) is 16.1. The van der Waals surface area contributed by atoms with Crippen molar-refractivity contribution in [2.75, 3.05) is 20.3 Å². The Morgan fingerprint density at radius 3 is 2.41 bits per heavy atom. The lowest BCUT2D eigenvalue weighted by atomic mass is 10.2. The Kier molecular flexibility index (Phi) is 6.28. The summed E-state index contributed by atoms with van der Waals surface area (Å²) in [5.41, 5.74) is 0.301. The lowest BCUT2D eigenvalue weighted by Gasteiger charge is -2.08. The normalized spacial score (nSPS) is 10.6. The standard InChI is InChI=1S/C20H21FN4O4/c1-24-19(14-3-5-15(21)6-4-14)23-25(20(24)27)12-11-22-18(26)13-29-17-9-7-16(28-2)8-10-17/h3-10H,11-13H2,1-2H3,(H,22,26). The zero-order chi connectivity index (χ0) is 20.8. The Morgan fingerprint density at radius 1 is 1.10 bits per heavy atom.